The van der Waals surface area contributed by atoms with Crippen molar-refractivity contribution in [2.24, 2.45) is 0 Å². The largest absolute Gasteiger partial charge is 0.487 e. The fourth-order valence-electron chi connectivity index (χ4n) is 2.53. The van der Waals surface area contributed by atoms with Crippen LogP contribution in [-0.4, -0.2) is 36.9 Å². The number of ether oxygens (including phenoxy) is 1. The maximum atomic E-state index is 12.5. The van der Waals surface area contributed by atoms with E-state index in [0.717, 1.165) is 5.56 Å². The molecule has 6 heteroatoms. The molecule has 0 aliphatic carbocycles. The Labute approximate surface area is 130 Å². The van der Waals surface area contributed by atoms with E-state index >= 15 is 0 Å². The van der Waals surface area contributed by atoms with E-state index in [4.69, 9.17) is 4.74 Å². The molecule has 3 rings (SSSR count). The summed E-state index contributed by atoms with van der Waals surface area (Å²) < 4.78 is 32.2. The Morgan fingerprint density at radius 2 is 2.00 bits per heavy atom. The zero-order valence-corrected chi connectivity index (χ0v) is 12.9. The first kappa shape index (κ1) is 15.0. The molecule has 0 unspecified atom stereocenters. The van der Waals surface area contributed by atoms with Crippen LogP contribution in [-0.2, 0) is 15.8 Å². The SMILES string of the molecule is O=S(=O)(Cc1ccccc1)N1CC[C@H](Oc2cccnc2)C1. The molecule has 116 valence electrons. The minimum Gasteiger partial charge on any atom is -0.487 e. The van der Waals surface area contributed by atoms with Crippen molar-refractivity contribution in [1.82, 2.24) is 9.29 Å². The number of nitrogens with zero attached hydrogens (tertiary/aromatic N) is 2. The summed E-state index contributed by atoms with van der Waals surface area (Å²) in [5.41, 5.74) is 0.805. The molecular formula is C16H18N2O3S. The Morgan fingerprint density at radius 3 is 2.73 bits per heavy atom. The summed E-state index contributed by atoms with van der Waals surface area (Å²) in [4.78, 5) is 3.99. The number of aromatic nitrogens is 1. The van der Waals surface area contributed by atoms with E-state index in [2.05, 4.69) is 4.98 Å². The second kappa shape index (κ2) is 6.46. The zero-order valence-electron chi connectivity index (χ0n) is 12.1. The maximum absolute atomic E-state index is 12.5. The van der Waals surface area contributed by atoms with Gasteiger partial charge in [-0.2, -0.15) is 4.31 Å². The summed E-state index contributed by atoms with van der Waals surface area (Å²) in [6.45, 7) is 0.893. The lowest BCUT2D eigenvalue weighted by Crippen LogP contribution is -2.32. The van der Waals surface area contributed by atoms with Gasteiger partial charge in [0.2, 0.25) is 10.0 Å². The molecule has 1 aliphatic rings. The first-order chi connectivity index (χ1) is 10.6. The standard InChI is InChI=1S/C16H18N2O3S/c19-22(20,13-14-5-2-1-3-6-14)18-10-8-16(12-18)21-15-7-4-9-17-11-15/h1-7,9,11,16H,8,10,12-13H2/t16-/m0/s1. The van der Waals surface area contributed by atoms with Gasteiger partial charge < -0.3 is 4.74 Å². The van der Waals surface area contributed by atoms with Gasteiger partial charge in [-0.15, -0.1) is 0 Å². The third-order valence-corrected chi connectivity index (χ3v) is 5.45. The van der Waals surface area contributed by atoms with Crippen LogP contribution in [0.15, 0.2) is 54.9 Å². The number of benzene rings is 1. The van der Waals surface area contributed by atoms with Gasteiger partial charge >= 0.3 is 0 Å². The fourth-order valence-corrected chi connectivity index (χ4v) is 4.11. The zero-order chi connectivity index (χ0) is 15.4. The quantitative estimate of drug-likeness (QED) is 0.847. The highest BCUT2D eigenvalue weighted by atomic mass is 32.2. The molecule has 1 saturated heterocycles. The normalized spacial score (nSPS) is 19.2. The first-order valence-corrected chi connectivity index (χ1v) is 8.83. The highest BCUT2D eigenvalue weighted by molar-refractivity contribution is 7.88. The average molecular weight is 318 g/mol. The molecule has 0 radical (unpaired) electrons. The second-order valence-corrected chi connectivity index (χ2v) is 7.29. The molecule has 1 aromatic carbocycles. The molecular weight excluding hydrogens is 300 g/mol. The van der Waals surface area contributed by atoms with Crippen molar-refractivity contribution in [3.8, 4) is 5.75 Å². The highest BCUT2D eigenvalue weighted by Crippen LogP contribution is 2.21. The van der Waals surface area contributed by atoms with Crippen LogP contribution in [0.25, 0.3) is 0 Å². The Balaban J connectivity index is 1.62. The van der Waals surface area contributed by atoms with Gasteiger partial charge in [-0.3, -0.25) is 4.98 Å². The van der Waals surface area contributed by atoms with Crippen LogP contribution in [0.4, 0.5) is 0 Å². The van der Waals surface area contributed by atoms with E-state index in [0.29, 0.717) is 25.3 Å². The van der Waals surface area contributed by atoms with Crippen LogP contribution in [0.1, 0.15) is 12.0 Å². The van der Waals surface area contributed by atoms with E-state index < -0.39 is 10.0 Å². The van der Waals surface area contributed by atoms with Gasteiger partial charge in [0.25, 0.3) is 0 Å². The van der Waals surface area contributed by atoms with Gasteiger partial charge in [0, 0.05) is 12.7 Å². The molecule has 1 fully saturated rings. The highest BCUT2D eigenvalue weighted by Gasteiger charge is 2.32. The maximum Gasteiger partial charge on any atom is 0.218 e. The molecule has 1 aliphatic heterocycles. The van der Waals surface area contributed by atoms with Crippen LogP contribution in [0.5, 0.6) is 5.75 Å². The predicted molar refractivity (Wildman–Crippen MR) is 83.9 cm³/mol. The van der Waals surface area contributed by atoms with Crippen molar-refractivity contribution in [2.75, 3.05) is 13.1 Å². The van der Waals surface area contributed by atoms with Crippen molar-refractivity contribution in [3.63, 3.8) is 0 Å². The fraction of sp³-hybridized carbons (Fsp3) is 0.312. The summed E-state index contributed by atoms with van der Waals surface area (Å²) in [7, 11) is -3.30. The van der Waals surface area contributed by atoms with Gasteiger partial charge in [0.05, 0.1) is 18.5 Å². The summed E-state index contributed by atoms with van der Waals surface area (Å²) in [5.74, 6) is 0.711. The van der Waals surface area contributed by atoms with E-state index in [1.807, 2.05) is 36.4 Å². The molecule has 5 nitrogen and oxygen atoms in total. The number of rotatable bonds is 5. The molecule has 0 amide bonds. The molecule has 0 spiro atoms. The minimum absolute atomic E-state index is 0.0352. The summed E-state index contributed by atoms with van der Waals surface area (Å²) >= 11 is 0. The summed E-state index contributed by atoms with van der Waals surface area (Å²) in [6.07, 6.45) is 3.90. The number of pyridine rings is 1. The molecule has 0 bridgehead atoms. The monoisotopic (exact) mass is 318 g/mol. The lowest BCUT2D eigenvalue weighted by atomic mass is 10.2. The van der Waals surface area contributed by atoms with Crippen LogP contribution >= 0.6 is 0 Å². The molecule has 1 atom stereocenters. The summed E-state index contributed by atoms with van der Waals surface area (Å²) in [6, 6.07) is 12.9. The molecule has 1 aromatic heterocycles. The minimum atomic E-state index is -3.30. The van der Waals surface area contributed by atoms with Crippen molar-refractivity contribution < 1.29 is 13.2 Å². The van der Waals surface area contributed by atoms with Crippen molar-refractivity contribution >= 4 is 10.0 Å². The van der Waals surface area contributed by atoms with Gasteiger partial charge in [-0.1, -0.05) is 30.3 Å². The van der Waals surface area contributed by atoms with Crippen LogP contribution in [0.2, 0.25) is 0 Å². The lowest BCUT2D eigenvalue weighted by Gasteiger charge is -2.17. The number of hydrogen-bond acceptors (Lipinski definition) is 4. The van der Waals surface area contributed by atoms with Crippen LogP contribution < -0.4 is 4.74 Å². The topological polar surface area (TPSA) is 59.5 Å². The van der Waals surface area contributed by atoms with Gasteiger partial charge in [0.1, 0.15) is 11.9 Å². The van der Waals surface area contributed by atoms with Crippen LogP contribution in [0, 0.1) is 0 Å². The smallest absolute Gasteiger partial charge is 0.218 e. The molecule has 0 N–H and O–H groups in total. The van der Waals surface area contributed by atoms with Gasteiger partial charge in [-0.05, 0) is 24.1 Å². The van der Waals surface area contributed by atoms with E-state index in [9.17, 15) is 8.42 Å². The third kappa shape index (κ3) is 3.64. The number of hydrogen-bond donors (Lipinski definition) is 0. The molecule has 2 aromatic rings. The average Bonchev–Trinajstić information content (AvgIpc) is 2.98. The molecule has 0 saturated carbocycles. The molecule has 22 heavy (non-hydrogen) atoms. The van der Waals surface area contributed by atoms with Crippen molar-refractivity contribution in [1.29, 1.82) is 0 Å². The molecule has 2 heterocycles. The Kier molecular flexibility index (Phi) is 4.40. The van der Waals surface area contributed by atoms with Gasteiger partial charge in [-0.25, -0.2) is 8.42 Å². The lowest BCUT2D eigenvalue weighted by molar-refractivity contribution is 0.214. The Hall–Kier alpha value is -1.92. The predicted octanol–water partition coefficient (Wildman–Crippen LogP) is 2.06. The third-order valence-electron chi connectivity index (χ3n) is 3.63. The number of sulfonamides is 1. The van der Waals surface area contributed by atoms with E-state index in [-0.39, 0.29) is 11.9 Å². The van der Waals surface area contributed by atoms with Crippen molar-refractivity contribution in [2.45, 2.75) is 18.3 Å². The Bertz CT molecular complexity index is 705. The van der Waals surface area contributed by atoms with E-state index in [1.54, 1.807) is 18.5 Å². The Morgan fingerprint density at radius 1 is 1.18 bits per heavy atom. The summed E-state index contributed by atoms with van der Waals surface area (Å²) in [5, 5.41) is 0. The van der Waals surface area contributed by atoms with Crippen LogP contribution in [0.3, 0.4) is 0 Å². The van der Waals surface area contributed by atoms with Crippen molar-refractivity contribution in [3.05, 3.63) is 60.4 Å². The van der Waals surface area contributed by atoms with E-state index in [1.165, 1.54) is 4.31 Å². The van der Waals surface area contributed by atoms with Gasteiger partial charge in [0.15, 0.2) is 0 Å². The first-order valence-electron chi connectivity index (χ1n) is 7.22. The second-order valence-electron chi connectivity index (χ2n) is 5.32.